The molecule has 1 unspecified atom stereocenters. The molecule has 3 aromatic rings. The molecule has 1 aromatic heterocycles. The Bertz CT molecular complexity index is 1050. The van der Waals surface area contributed by atoms with E-state index in [4.69, 9.17) is 18.6 Å². The fraction of sp³-hybridized carbons (Fsp3) is 0.250. The number of hydrogen-bond acceptors (Lipinski definition) is 5. The van der Waals surface area contributed by atoms with Crippen molar-refractivity contribution in [1.82, 2.24) is 0 Å². The van der Waals surface area contributed by atoms with Crippen LogP contribution in [0.4, 0.5) is 0 Å². The minimum atomic E-state index is -0.912. The van der Waals surface area contributed by atoms with Gasteiger partial charge in [-0.3, -0.25) is 4.79 Å². The van der Waals surface area contributed by atoms with Gasteiger partial charge in [0.05, 0.1) is 6.42 Å². The predicted octanol–water partition coefficient (Wildman–Crippen LogP) is 3.78. The quantitative estimate of drug-likeness (QED) is 0.773. The summed E-state index contributed by atoms with van der Waals surface area (Å²) < 4.78 is 22.6. The van der Waals surface area contributed by atoms with E-state index in [-0.39, 0.29) is 19.3 Å². The van der Waals surface area contributed by atoms with Crippen molar-refractivity contribution in [1.29, 1.82) is 0 Å². The van der Waals surface area contributed by atoms with Gasteiger partial charge in [0, 0.05) is 29.0 Å². The lowest BCUT2D eigenvalue weighted by Gasteiger charge is -2.04. The number of furan rings is 1. The summed E-state index contributed by atoms with van der Waals surface area (Å²) >= 11 is 0. The number of benzene rings is 2. The molecule has 26 heavy (non-hydrogen) atoms. The molecular weight excluding hydrogens is 336 g/mol. The van der Waals surface area contributed by atoms with Gasteiger partial charge in [0.2, 0.25) is 6.79 Å². The molecule has 0 spiro atoms. The number of carbonyl (C=O) groups is 1. The van der Waals surface area contributed by atoms with Crippen molar-refractivity contribution in [2.45, 2.75) is 25.9 Å². The van der Waals surface area contributed by atoms with Crippen LogP contribution in [0.5, 0.6) is 17.2 Å². The molecule has 2 aromatic carbocycles. The topological polar surface area (TPSA) is 78.1 Å². The maximum Gasteiger partial charge on any atom is 0.307 e. The monoisotopic (exact) mass is 352 g/mol. The van der Waals surface area contributed by atoms with Crippen LogP contribution in [0.2, 0.25) is 0 Å². The van der Waals surface area contributed by atoms with E-state index in [0.717, 1.165) is 28.7 Å². The molecule has 6 heteroatoms. The van der Waals surface area contributed by atoms with Crippen molar-refractivity contribution in [3.8, 4) is 28.6 Å². The van der Waals surface area contributed by atoms with E-state index in [2.05, 4.69) is 0 Å². The van der Waals surface area contributed by atoms with Gasteiger partial charge in [0.15, 0.2) is 11.5 Å². The minimum absolute atomic E-state index is 0.133. The van der Waals surface area contributed by atoms with Gasteiger partial charge in [-0.25, -0.2) is 0 Å². The zero-order valence-corrected chi connectivity index (χ0v) is 14.1. The summed E-state index contributed by atoms with van der Waals surface area (Å²) in [7, 11) is 0. The molecule has 132 valence electrons. The van der Waals surface area contributed by atoms with Crippen LogP contribution in [0, 0.1) is 0 Å². The number of aliphatic carboxylic acids is 1. The van der Waals surface area contributed by atoms with Gasteiger partial charge in [-0.05, 0) is 36.8 Å². The average Bonchev–Trinajstić information content (AvgIpc) is 3.28. The van der Waals surface area contributed by atoms with Gasteiger partial charge in [-0.1, -0.05) is 0 Å². The molecule has 1 atom stereocenters. The molecule has 0 radical (unpaired) electrons. The Labute approximate surface area is 148 Å². The van der Waals surface area contributed by atoms with Gasteiger partial charge in [-0.15, -0.1) is 0 Å². The van der Waals surface area contributed by atoms with E-state index in [1.807, 2.05) is 25.1 Å². The largest absolute Gasteiger partial charge is 0.490 e. The highest BCUT2D eigenvalue weighted by molar-refractivity contribution is 5.93. The normalized spacial score (nSPS) is 17.3. The number of rotatable bonds is 3. The Morgan fingerprint density at radius 2 is 1.96 bits per heavy atom. The van der Waals surface area contributed by atoms with Crippen LogP contribution in [0.3, 0.4) is 0 Å². The lowest BCUT2D eigenvalue weighted by molar-refractivity contribution is -0.136. The number of carboxylic acid groups (broad SMARTS) is 1. The number of hydrogen-bond donors (Lipinski definition) is 1. The summed E-state index contributed by atoms with van der Waals surface area (Å²) in [5, 5.41) is 10.1. The summed E-state index contributed by atoms with van der Waals surface area (Å²) in [4.78, 5) is 11.4. The molecule has 6 nitrogen and oxygen atoms in total. The maximum absolute atomic E-state index is 11.4. The highest BCUT2D eigenvalue weighted by atomic mass is 16.7. The number of ether oxygens (including phenoxy) is 3. The predicted molar refractivity (Wildman–Crippen MR) is 92.9 cm³/mol. The van der Waals surface area contributed by atoms with Crippen molar-refractivity contribution in [3.63, 3.8) is 0 Å². The first-order chi connectivity index (χ1) is 12.6. The number of carboxylic acids is 1. The summed E-state index contributed by atoms with van der Waals surface area (Å²) in [6, 6.07) is 9.38. The molecule has 3 heterocycles. The molecule has 1 N–H and O–H groups in total. The molecule has 0 bridgehead atoms. The third-order valence-corrected chi connectivity index (χ3v) is 4.77. The molecule has 0 amide bonds. The van der Waals surface area contributed by atoms with Gasteiger partial charge in [0.25, 0.3) is 0 Å². The maximum atomic E-state index is 11.4. The van der Waals surface area contributed by atoms with Gasteiger partial charge in [0.1, 0.15) is 23.2 Å². The highest BCUT2D eigenvalue weighted by Gasteiger charge is 2.25. The summed E-state index contributed by atoms with van der Waals surface area (Å²) in [5.74, 6) is 1.74. The average molecular weight is 352 g/mol. The second-order valence-corrected chi connectivity index (χ2v) is 6.64. The fourth-order valence-electron chi connectivity index (χ4n) is 3.66. The molecule has 5 rings (SSSR count). The molecule has 0 fully saturated rings. The second kappa shape index (κ2) is 5.42. The van der Waals surface area contributed by atoms with Crippen LogP contribution in [0.25, 0.3) is 22.3 Å². The van der Waals surface area contributed by atoms with E-state index in [1.165, 1.54) is 0 Å². The Hall–Kier alpha value is -3.15. The van der Waals surface area contributed by atoms with E-state index in [0.29, 0.717) is 28.4 Å². The van der Waals surface area contributed by atoms with Crippen molar-refractivity contribution in [2.75, 3.05) is 6.79 Å². The minimum Gasteiger partial charge on any atom is -0.490 e. The first-order valence-corrected chi connectivity index (χ1v) is 8.45. The Balaban J connectivity index is 1.69. The molecule has 0 saturated carbocycles. The zero-order valence-electron chi connectivity index (χ0n) is 14.1. The van der Waals surface area contributed by atoms with Crippen molar-refractivity contribution >= 4 is 16.9 Å². The summed E-state index contributed by atoms with van der Waals surface area (Å²) in [6.45, 7) is 2.18. The van der Waals surface area contributed by atoms with Crippen molar-refractivity contribution in [3.05, 3.63) is 41.5 Å². The van der Waals surface area contributed by atoms with Gasteiger partial charge < -0.3 is 23.7 Å². The third-order valence-electron chi connectivity index (χ3n) is 4.77. The first kappa shape index (κ1) is 15.1. The van der Waals surface area contributed by atoms with Crippen LogP contribution in [0.1, 0.15) is 18.1 Å². The Morgan fingerprint density at radius 3 is 2.77 bits per heavy atom. The van der Waals surface area contributed by atoms with Crippen LogP contribution >= 0.6 is 0 Å². The van der Waals surface area contributed by atoms with Gasteiger partial charge in [-0.2, -0.15) is 0 Å². The van der Waals surface area contributed by atoms with E-state index in [9.17, 15) is 9.90 Å². The third kappa shape index (κ3) is 2.29. The van der Waals surface area contributed by atoms with E-state index in [1.54, 1.807) is 12.1 Å². The zero-order chi connectivity index (χ0) is 17.8. The summed E-state index contributed by atoms with van der Waals surface area (Å²) in [5.41, 5.74) is 3.17. The van der Waals surface area contributed by atoms with Crippen LogP contribution < -0.4 is 14.2 Å². The SMILES string of the molecule is CC1Cc2cc(-c3oc4cc5c(cc4c3CC(=O)O)OCO5)ccc2O1. The van der Waals surface area contributed by atoms with Crippen LogP contribution in [-0.2, 0) is 17.6 Å². The smallest absolute Gasteiger partial charge is 0.307 e. The number of fused-ring (bicyclic) bond motifs is 3. The Morgan fingerprint density at radius 1 is 1.15 bits per heavy atom. The molecule has 0 aliphatic carbocycles. The Kier molecular flexibility index (Phi) is 3.16. The second-order valence-electron chi connectivity index (χ2n) is 6.64. The standard InChI is InChI=1S/C20H16O6/c1-10-4-12-5-11(2-3-15(12)25-10)20-14(7-19(21)22)13-6-17-18(24-9-23-17)8-16(13)26-20/h2-3,5-6,8,10H,4,7,9H2,1H3,(H,21,22). The lowest BCUT2D eigenvalue weighted by atomic mass is 10.00. The fourth-order valence-corrected chi connectivity index (χ4v) is 3.66. The van der Waals surface area contributed by atoms with E-state index < -0.39 is 5.97 Å². The highest BCUT2D eigenvalue weighted by Crippen LogP contribution is 2.43. The molecular formula is C20H16O6. The van der Waals surface area contributed by atoms with E-state index >= 15 is 0 Å². The lowest BCUT2D eigenvalue weighted by Crippen LogP contribution is -2.05. The molecule has 2 aliphatic heterocycles. The van der Waals surface area contributed by atoms with Crippen molar-refractivity contribution in [2.24, 2.45) is 0 Å². The molecule has 2 aliphatic rings. The van der Waals surface area contributed by atoms with Crippen LogP contribution in [0.15, 0.2) is 34.7 Å². The van der Waals surface area contributed by atoms with Crippen LogP contribution in [-0.4, -0.2) is 24.0 Å². The van der Waals surface area contributed by atoms with Crippen molar-refractivity contribution < 1.29 is 28.5 Å². The first-order valence-electron chi connectivity index (χ1n) is 8.45. The van der Waals surface area contributed by atoms with Gasteiger partial charge >= 0.3 is 5.97 Å². The molecule has 0 saturated heterocycles. The summed E-state index contributed by atoms with van der Waals surface area (Å²) in [6.07, 6.45) is 0.839.